The second-order valence-electron chi connectivity index (χ2n) is 5.03. The Morgan fingerprint density at radius 2 is 2.24 bits per heavy atom. The van der Waals surface area contributed by atoms with Gasteiger partial charge in [0.1, 0.15) is 5.82 Å². The van der Waals surface area contributed by atoms with Gasteiger partial charge in [0.2, 0.25) is 0 Å². The van der Waals surface area contributed by atoms with E-state index in [1.165, 1.54) is 12.1 Å². The van der Waals surface area contributed by atoms with Crippen LogP contribution in [0.5, 0.6) is 0 Å². The normalized spacial score (nSPS) is 21.2. The van der Waals surface area contributed by atoms with E-state index >= 15 is 0 Å². The molecule has 0 spiro atoms. The average Bonchev–Trinajstić information content (AvgIpc) is 2.42. The molecule has 21 heavy (non-hydrogen) atoms. The molecule has 1 aromatic carbocycles. The molecule has 1 aliphatic heterocycles. The van der Waals surface area contributed by atoms with E-state index < -0.39 is 11.8 Å². The molecule has 1 heterocycles. The second kappa shape index (κ2) is 7.18. The third kappa shape index (κ3) is 4.03. The van der Waals surface area contributed by atoms with Gasteiger partial charge in [0.25, 0.3) is 0 Å². The van der Waals surface area contributed by atoms with Gasteiger partial charge in [-0.05, 0) is 24.6 Å². The van der Waals surface area contributed by atoms with E-state index in [4.69, 9.17) is 28.3 Å². The van der Waals surface area contributed by atoms with Crippen molar-refractivity contribution in [1.29, 1.82) is 0 Å². The summed E-state index contributed by atoms with van der Waals surface area (Å²) in [5.41, 5.74) is 0.640. The lowest BCUT2D eigenvalue weighted by atomic mass is 10.0. The zero-order valence-corrected chi connectivity index (χ0v) is 13.8. The topological polar surface area (TPSA) is 40.5 Å². The van der Waals surface area contributed by atoms with E-state index in [0.29, 0.717) is 10.6 Å². The molecule has 0 aromatic heterocycles. The van der Waals surface area contributed by atoms with Gasteiger partial charge in [0, 0.05) is 35.2 Å². The van der Waals surface area contributed by atoms with Gasteiger partial charge in [-0.2, -0.15) is 11.8 Å². The van der Waals surface area contributed by atoms with Crippen molar-refractivity contribution in [2.45, 2.75) is 25.4 Å². The molecule has 0 amide bonds. The molecule has 2 unspecified atom stereocenters. The van der Waals surface area contributed by atoms with Crippen LogP contribution < -0.4 is 0 Å². The maximum atomic E-state index is 13.7. The Balaban J connectivity index is 2.26. The predicted molar refractivity (Wildman–Crippen MR) is 84.9 cm³/mol. The van der Waals surface area contributed by atoms with Gasteiger partial charge >= 0.3 is 5.97 Å². The van der Waals surface area contributed by atoms with Crippen LogP contribution in [0.15, 0.2) is 12.1 Å². The molecule has 0 saturated carbocycles. The first-order valence-electron chi connectivity index (χ1n) is 6.60. The van der Waals surface area contributed by atoms with E-state index in [1.807, 2.05) is 6.92 Å². The summed E-state index contributed by atoms with van der Waals surface area (Å²) in [5, 5.41) is 9.43. The summed E-state index contributed by atoms with van der Waals surface area (Å²) in [6, 6.07) is 2.50. The highest BCUT2D eigenvalue weighted by molar-refractivity contribution is 7.99. The van der Waals surface area contributed by atoms with Crippen molar-refractivity contribution < 1.29 is 14.3 Å². The number of carboxylic acids is 1. The Morgan fingerprint density at radius 3 is 2.90 bits per heavy atom. The lowest BCUT2D eigenvalue weighted by Gasteiger charge is -2.39. The molecule has 1 N–H and O–H groups in total. The van der Waals surface area contributed by atoms with E-state index in [0.717, 1.165) is 18.1 Å². The minimum absolute atomic E-state index is 0.00719. The maximum Gasteiger partial charge on any atom is 0.304 e. The predicted octanol–water partition coefficient (Wildman–Crippen LogP) is 4.09. The summed E-state index contributed by atoms with van der Waals surface area (Å²) in [5.74, 6) is 0.343. The number of carbonyl (C=O) groups is 1. The lowest BCUT2D eigenvalue weighted by Crippen LogP contribution is -2.44. The van der Waals surface area contributed by atoms with Crippen molar-refractivity contribution in [2.24, 2.45) is 0 Å². The molecule has 0 radical (unpaired) electrons. The first-order valence-corrected chi connectivity index (χ1v) is 8.51. The number of halogens is 3. The zero-order valence-electron chi connectivity index (χ0n) is 11.5. The van der Waals surface area contributed by atoms with E-state index in [1.54, 1.807) is 11.8 Å². The highest BCUT2D eigenvalue weighted by Gasteiger charge is 2.30. The molecule has 0 aliphatic carbocycles. The first-order chi connectivity index (χ1) is 9.90. The summed E-state index contributed by atoms with van der Waals surface area (Å²) in [6.45, 7) is 2.67. The minimum Gasteiger partial charge on any atom is -0.481 e. The second-order valence-corrected chi connectivity index (χ2v) is 6.99. The quantitative estimate of drug-likeness (QED) is 0.829. The number of rotatable bonds is 4. The van der Waals surface area contributed by atoms with Crippen LogP contribution in [-0.4, -0.2) is 40.1 Å². The first kappa shape index (κ1) is 16.9. The Bertz CT molecular complexity index is 544. The van der Waals surface area contributed by atoms with Crippen molar-refractivity contribution in [1.82, 2.24) is 4.90 Å². The third-order valence-corrected chi connectivity index (χ3v) is 5.38. The summed E-state index contributed by atoms with van der Waals surface area (Å²) in [4.78, 5) is 13.1. The number of hydrogen-bond donors (Lipinski definition) is 1. The van der Waals surface area contributed by atoms with Gasteiger partial charge in [0.05, 0.1) is 11.4 Å². The third-order valence-electron chi connectivity index (χ3n) is 3.67. The van der Waals surface area contributed by atoms with Crippen molar-refractivity contribution in [2.75, 3.05) is 18.1 Å². The summed E-state index contributed by atoms with van der Waals surface area (Å²) < 4.78 is 13.7. The molecule has 2 atom stereocenters. The molecule has 1 aromatic rings. The Kier molecular flexibility index (Phi) is 5.77. The molecule has 1 aliphatic rings. The average molecular weight is 352 g/mol. The minimum atomic E-state index is -0.826. The van der Waals surface area contributed by atoms with Crippen molar-refractivity contribution in [3.05, 3.63) is 33.6 Å². The number of nitrogens with zero attached hydrogens (tertiary/aromatic N) is 1. The Hall–Kier alpha value is -0.490. The zero-order chi connectivity index (χ0) is 15.6. The SMILES string of the molecule is CC(c1cc(F)c(Cl)cc1Cl)N1CCSCC1CC(=O)O. The molecular formula is C14H16Cl2FNO2S. The molecule has 116 valence electrons. The number of benzene rings is 1. The fourth-order valence-corrected chi connectivity index (χ4v) is 4.22. The maximum absolute atomic E-state index is 13.7. The number of carboxylic acid groups (broad SMARTS) is 1. The number of aliphatic carboxylic acids is 1. The molecule has 0 bridgehead atoms. The molecular weight excluding hydrogens is 336 g/mol. The highest BCUT2D eigenvalue weighted by atomic mass is 35.5. The van der Waals surface area contributed by atoms with Crippen LogP contribution in [0.2, 0.25) is 10.0 Å². The van der Waals surface area contributed by atoms with Crippen LogP contribution in [0.4, 0.5) is 4.39 Å². The summed E-state index contributed by atoms with van der Waals surface area (Å²) in [6.07, 6.45) is 0.0744. The Labute approximate surface area is 137 Å². The van der Waals surface area contributed by atoms with Gasteiger partial charge in [0.15, 0.2) is 0 Å². The fourth-order valence-electron chi connectivity index (χ4n) is 2.59. The van der Waals surface area contributed by atoms with Crippen LogP contribution in [0.25, 0.3) is 0 Å². The van der Waals surface area contributed by atoms with Gasteiger partial charge < -0.3 is 5.11 Å². The largest absolute Gasteiger partial charge is 0.481 e. The highest BCUT2D eigenvalue weighted by Crippen LogP contribution is 2.34. The van der Waals surface area contributed by atoms with E-state index in [-0.39, 0.29) is 23.5 Å². The summed E-state index contributed by atoms with van der Waals surface area (Å²) >= 11 is 13.6. The van der Waals surface area contributed by atoms with Crippen molar-refractivity contribution in [3.8, 4) is 0 Å². The summed E-state index contributed by atoms with van der Waals surface area (Å²) in [7, 11) is 0. The molecule has 1 fully saturated rings. The van der Waals surface area contributed by atoms with E-state index in [9.17, 15) is 9.18 Å². The van der Waals surface area contributed by atoms with Crippen LogP contribution in [0.1, 0.15) is 24.9 Å². The van der Waals surface area contributed by atoms with Crippen molar-refractivity contribution in [3.63, 3.8) is 0 Å². The molecule has 2 rings (SSSR count). The van der Waals surface area contributed by atoms with Gasteiger partial charge in [-0.3, -0.25) is 9.69 Å². The monoisotopic (exact) mass is 351 g/mol. The van der Waals surface area contributed by atoms with Gasteiger partial charge in [-0.1, -0.05) is 23.2 Å². The number of hydrogen-bond acceptors (Lipinski definition) is 3. The molecule has 7 heteroatoms. The van der Waals surface area contributed by atoms with Crippen LogP contribution in [0.3, 0.4) is 0 Å². The number of thioether (sulfide) groups is 1. The Morgan fingerprint density at radius 1 is 1.52 bits per heavy atom. The van der Waals surface area contributed by atoms with Gasteiger partial charge in [-0.25, -0.2) is 4.39 Å². The lowest BCUT2D eigenvalue weighted by molar-refractivity contribution is -0.138. The van der Waals surface area contributed by atoms with Crippen molar-refractivity contribution >= 4 is 40.9 Å². The standard InChI is InChI=1S/C14H16Cl2FNO2S/c1-8(10-5-13(17)12(16)6-11(10)15)18-2-3-21-7-9(18)4-14(19)20/h5-6,8-9H,2-4,7H2,1H3,(H,19,20). The fraction of sp³-hybridized carbons (Fsp3) is 0.500. The van der Waals surface area contributed by atoms with Crippen LogP contribution in [0, 0.1) is 5.82 Å². The van der Waals surface area contributed by atoms with E-state index in [2.05, 4.69) is 4.90 Å². The van der Waals surface area contributed by atoms with Crippen LogP contribution >= 0.6 is 35.0 Å². The molecule has 3 nitrogen and oxygen atoms in total. The molecule has 1 saturated heterocycles. The smallest absolute Gasteiger partial charge is 0.304 e. The van der Waals surface area contributed by atoms with Gasteiger partial charge in [-0.15, -0.1) is 0 Å². The van der Waals surface area contributed by atoms with Crippen LogP contribution in [-0.2, 0) is 4.79 Å².